The van der Waals surface area contributed by atoms with Crippen molar-refractivity contribution in [3.8, 4) is 17.1 Å². The molecule has 0 saturated carbocycles. The van der Waals surface area contributed by atoms with Gasteiger partial charge in [-0.05, 0) is 55.0 Å². The van der Waals surface area contributed by atoms with Crippen LogP contribution in [0.4, 0.5) is 0 Å². The third-order valence-electron chi connectivity index (χ3n) is 3.78. The van der Waals surface area contributed by atoms with Gasteiger partial charge in [0.15, 0.2) is 0 Å². The number of furan rings is 1. The maximum absolute atomic E-state index is 12.1. The summed E-state index contributed by atoms with van der Waals surface area (Å²) in [7, 11) is 1.55. The molecule has 26 heavy (non-hydrogen) atoms. The minimum atomic E-state index is -0.336. The third-order valence-corrected chi connectivity index (χ3v) is 4.02. The molecule has 0 atom stereocenters. The summed E-state index contributed by atoms with van der Waals surface area (Å²) in [5, 5.41) is 4.58. The third kappa shape index (κ3) is 4.13. The van der Waals surface area contributed by atoms with Crippen LogP contribution in [-0.2, 0) is 0 Å². The van der Waals surface area contributed by atoms with Gasteiger partial charge in [-0.1, -0.05) is 23.7 Å². The lowest BCUT2D eigenvalue weighted by molar-refractivity contribution is 0.0955. The minimum Gasteiger partial charge on any atom is -0.497 e. The Morgan fingerprint density at radius 3 is 2.85 bits per heavy atom. The highest BCUT2D eigenvalue weighted by Crippen LogP contribution is 2.27. The van der Waals surface area contributed by atoms with E-state index in [0.29, 0.717) is 27.9 Å². The van der Waals surface area contributed by atoms with Crippen molar-refractivity contribution >= 4 is 23.7 Å². The van der Waals surface area contributed by atoms with Crippen molar-refractivity contribution < 1.29 is 13.9 Å². The number of carbonyl (C=O) groups is 1. The van der Waals surface area contributed by atoms with Crippen LogP contribution in [0.1, 0.15) is 21.7 Å². The van der Waals surface area contributed by atoms with Gasteiger partial charge in [0.25, 0.3) is 5.91 Å². The van der Waals surface area contributed by atoms with Crippen molar-refractivity contribution in [2.45, 2.75) is 6.92 Å². The molecule has 0 spiro atoms. The van der Waals surface area contributed by atoms with Gasteiger partial charge in [0.1, 0.15) is 17.3 Å². The SMILES string of the molecule is COc1cccc(C(=O)N/N=C\c2ccc(-c3cc(Cl)ccc3C)o2)c1. The lowest BCUT2D eigenvalue weighted by Crippen LogP contribution is -2.17. The van der Waals surface area contributed by atoms with Crippen LogP contribution in [0.15, 0.2) is 64.1 Å². The molecule has 1 aromatic heterocycles. The van der Waals surface area contributed by atoms with Crippen molar-refractivity contribution in [2.24, 2.45) is 5.10 Å². The predicted molar refractivity (Wildman–Crippen MR) is 102 cm³/mol. The van der Waals surface area contributed by atoms with E-state index in [1.807, 2.05) is 31.2 Å². The predicted octanol–water partition coefficient (Wildman–Crippen LogP) is 4.68. The molecule has 1 heterocycles. The largest absolute Gasteiger partial charge is 0.497 e. The molecule has 132 valence electrons. The Hall–Kier alpha value is -3.05. The molecule has 0 aliphatic heterocycles. The summed E-state index contributed by atoms with van der Waals surface area (Å²) in [6.45, 7) is 1.98. The van der Waals surface area contributed by atoms with Crippen LogP contribution in [0.5, 0.6) is 5.75 Å². The Bertz CT molecular complexity index is 963. The Morgan fingerprint density at radius 1 is 1.19 bits per heavy atom. The maximum atomic E-state index is 12.1. The fourth-order valence-corrected chi connectivity index (χ4v) is 2.58. The van der Waals surface area contributed by atoms with Crippen molar-refractivity contribution in [2.75, 3.05) is 7.11 Å². The fraction of sp³-hybridized carbons (Fsp3) is 0.100. The van der Waals surface area contributed by atoms with Crippen molar-refractivity contribution in [3.05, 3.63) is 76.5 Å². The summed E-state index contributed by atoms with van der Waals surface area (Å²) in [6.07, 6.45) is 1.45. The van der Waals surface area contributed by atoms with Gasteiger partial charge in [-0.2, -0.15) is 5.10 Å². The standard InChI is InChI=1S/C20H17ClN2O3/c1-13-6-7-15(21)11-18(13)19-9-8-17(26-19)12-22-23-20(24)14-4-3-5-16(10-14)25-2/h3-12H,1-2H3,(H,23,24)/b22-12-. The normalized spacial score (nSPS) is 10.9. The van der Waals surface area contributed by atoms with E-state index >= 15 is 0 Å². The van der Waals surface area contributed by atoms with E-state index in [9.17, 15) is 4.79 Å². The number of hydrogen-bond acceptors (Lipinski definition) is 4. The van der Waals surface area contributed by atoms with Gasteiger partial charge >= 0.3 is 0 Å². The van der Waals surface area contributed by atoms with E-state index in [1.165, 1.54) is 6.21 Å². The minimum absolute atomic E-state index is 0.336. The van der Waals surface area contributed by atoms with E-state index in [4.69, 9.17) is 20.8 Å². The van der Waals surface area contributed by atoms with Crippen molar-refractivity contribution in [1.82, 2.24) is 5.43 Å². The number of aryl methyl sites for hydroxylation is 1. The smallest absolute Gasteiger partial charge is 0.271 e. The molecular weight excluding hydrogens is 352 g/mol. The summed E-state index contributed by atoms with van der Waals surface area (Å²) < 4.78 is 10.8. The molecule has 0 fully saturated rings. The zero-order valence-electron chi connectivity index (χ0n) is 14.3. The number of carbonyl (C=O) groups excluding carboxylic acids is 1. The maximum Gasteiger partial charge on any atom is 0.271 e. The number of halogens is 1. The number of amides is 1. The Kier molecular flexibility index (Phi) is 5.39. The molecule has 0 radical (unpaired) electrons. The number of methoxy groups -OCH3 is 1. The first kappa shape index (κ1) is 17.8. The summed E-state index contributed by atoms with van der Waals surface area (Å²) in [4.78, 5) is 12.1. The molecule has 1 N–H and O–H groups in total. The average molecular weight is 369 g/mol. The summed E-state index contributed by atoms with van der Waals surface area (Å²) in [5.41, 5.74) is 4.89. The second kappa shape index (κ2) is 7.89. The molecule has 0 unspecified atom stereocenters. The molecule has 0 aliphatic carbocycles. The Labute approximate surface area is 156 Å². The van der Waals surface area contributed by atoms with Gasteiger partial charge in [0.2, 0.25) is 0 Å². The molecule has 0 aliphatic rings. The highest BCUT2D eigenvalue weighted by Gasteiger charge is 2.08. The molecule has 3 rings (SSSR count). The number of nitrogens with one attached hydrogen (secondary N) is 1. The van der Waals surface area contributed by atoms with Gasteiger partial charge in [-0.15, -0.1) is 0 Å². The molecule has 2 aromatic carbocycles. The number of hydrogen-bond donors (Lipinski definition) is 1. The second-order valence-electron chi connectivity index (χ2n) is 5.59. The van der Waals surface area contributed by atoms with E-state index in [2.05, 4.69) is 10.5 Å². The first-order valence-electron chi connectivity index (χ1n) is 7.90. The van der Waals surface area contributed by atoms with Crippen LogP contribution < -0.4 is 10.2 Å². The lowest BCUT2D eigenvalue weighted by Gasteiger charge is -2.03. The van der Waals surface area contributed by atoms with Crippen LogP contribution in [0, 0.1) is 6.92 Å². The first-order valence-corrected chi connectivity index (χ1v) is 8.28. The lowest BCUT2D eigenvalue weighted by atomic mass is 10.1. The topological polar surface area (TPSA) is 63.8 Å². The second-order valence-corrected chi connectivity index (χ2v) is 6.03. The van der Waals surface area contributed by atoms with Gasteiger partial charge < -0.3 is 9.15 Å². The molecule has 1 amide bonds. The molecule has 6 heteroatoms. The van der Waals surface area contributed by atoms with E-state index in [0.717, 1.165) is 11.1 Å². The molecular formula is C20H17ClN2O3. The number of hydrazone groups is 1. The van der Waals surface area contributed by atoms with Crippen LogP contribution in [0.25, 0.3) is 11.3 Å². The molecule has 0 saturated heterocycles. The Balaban J connectivity index is 1.69. The van der Waals surface area contributed by atoms with Crippen LogP contribution in [0.2, 0.25) is 5.02 Å². The van der Waals surface area contributed by atoms with E-state index in [1.54, 1.807) is 37.4 Å². The number of nitrogens with zero attached hydrogens (tertiary/aromatic N) is 1. The molecule has 5 nitrogen and oxygen atoms in total. The van der Waals surface area contributed by atoms with Crippen LogP contribution in [-0.4, -0.2) is 19.2 Å². The van der Waals surface area contributed by atoms with Crippen LogP contribution in [0.3, 0.4) is 0 Å². The monoisotopic (exact) mass is 368 g/mol. The zero-order valence-corrected chi connectivity index (χ0v) is 15.1. The zero-order chi connectivity index (χ0) is 18.5. The van der Waals surface area contributed by atoms with Crippen molar-refractivity contribution in [1.29, 1.82) is 0 Å². The number of ether oxygens (including phenoxy) is 1. The Morgan fingerprint density at radius 2 is 2.04 bits per heavy atom. The highest BCUT2D eigenvalue weighted by atomic mass is 35.5. The first-order chi connectivity index (χ1) is 12.6. The summed E-state index contributed by atoms with van der Waals surface area (Å²) in [6, 6.07) is 16.0. The summed E-state index contributed by atoms with van der Waals surface area (Å²) in [5.74, 6) is 1.47. The number of rotatable bonds is 5. The highest BCUT2D eigenvalue weighted by molar-refractivity contribution is 6.30. The van der Waals surface area contributed by atoms with Gasteiger partial charge in [0, 0.05) is 16.1 Å². The van der Waals surface area contributed by atoms with Gasteiger partial charge in [-0.3, -0.25) is 4.79 Å². The fourth-order valence-electron chi connectivity index (χ4n) is 2.41. The van der Waals surface area contributed by atoms with Gasteiger partial charge in [-0.25, -0.2) is 5.43 Å². The van der Waals surface area contributed by atoms with E-state index < -0.39 is 0 Å². The van der Waals surface area contributed by atoms with Gasteiger partial charge in [0.05, 0.1) is 13.3 Å². The molecule has 0 bridgehead atoms. The molecule has 3 aromatic rings. The van der Waals surface area contributed by atoms with Crippen LogP contribution >= 0.6 is 11.6 Å². The number of benzene rings is 2. The van der Waals surface area contributed by atoms with E-state index in [-0.39, 0.29) is 5.91 Å². The quantitative estimate of drug-likeness (QED) is 0.525. The summed E-state index contributed by atoms with van der Waals surface area (Å²) >= 11 is 6.05. The van der Waals surface area contributed by atoms with Crippen molar-refractivity contribution in [3.63, 3.8) is 0 Å². The average Bonchev–Trinajstić information content (AvgIpc) is 3.12.